The zero-order chi connectivity index (χ0) is 17.6. The monoisotopic (exact) mass is 364 g/mol. The van der Waals surface area contributed by atoms with Gasteiger partial charge in [-0.3, -0.25) is 9.69 Å². The van der Waals surface area contributed by atoms with Crippen LogP contribution in [0.1, 0.15) is 17.2 Å². The molecule has 2 aliphatic heterocycles. The van der Waals surface area contributed by atoms with Crippen molar-refractivity contribution in [2.75, 3.05) is 13.2 Å². The molecule has 0 bridgehead atoms. The molecule has 0 fully saturated rings. The van der Waals surface area contributed by atoms with Crippen LogP contribution in [-0.2, 0) is 24.4 Å². The van der Waals surface area contributed by atoms with Crippen molar-refractivity contribution in [3.63, 3.8) is 0 Å². The molecule has 8 nitrogen and oxygen atoms in total. The number of aliphatic carboxylic acids is 1. The lowest BCUT2D eigenvalue weighted by Crippen LogP contribution is -2.47. The lowest BCUT2D eigenvalue weighted by Gasteiger charge is -2.33. The van der Waals surface area contributed by atoms with Crippen LogP contribution in [0.15, 0.2) is 12.1 Å². The summed E-state index contributed by atoms with van der Waals surface area (Å²) in [5, 5.41) is 18.3. The van der Waals surface area contributed by atoms with Gasteiger partial charge in [0.2, 0.25) is 0 Å². The molecule has 1 atom stereocenters. The second-order valence-electron chi connectivity index (χ2n) is 6.13. The second-order valence-corrected chi connectivity index (χ2v) is 6.54. The highest BCUT2D eigenvalue weighted by Gasteiger charge is 2.33. The first-order valence-electron chi connectivity index (χ1n) is 7.96. The fourth-order valence-corrected chi connectivity index (χ4v) is 3.54. The molecule has 4 rings (SSSR count). The Labute approximate surface area is 148 Å². The van der Waals surface area contributed by atoms with Crippen molar-refractivity contribution in [1.29, 1.82) is 0 Å². The number of rotatable bonds is 3. The first-order valence-corrected chi connectivity index (χ1v) is 8.34. The third-order valence-electron chi connectivity index (χ3n) is 4.48. The highest BCUT2D eigenvalue weighted by Crippen LogP contribution is 2.39. The van der Waals surface area contributed by atoms with Gasteiger partial charge in [0.1, 0.15) is 30.9 Å². The summed E-state index contributed by atoms with van der Waals surface area (Å²) in [6.45, 7) is 3.90. The van der Waals surface area contributed by atoms with E-state index in [1.807, 2.05) is 22.5 Å². The summed E-state index contributed by atoms with van der Waals surface area (Å²) in [6.07, 6.45) is 0. The Morgan fingerprint density at radius 1 is 1.36 bits per heavy atom. The van der Waals surface area contributed by atoms with Gasteiger partial charge in [-0.2, -0.15) is 0 Å². The third kappa shape index (κ3) is 2.91. The van der Waals surface area contributed by atoms with Gasteiger partial charge in [-0.05, 0) is 24.6 Å². The number of aromatic nitrogens is 3. The van der Waals surface area contributed by atoms with Crippen molar-refractivity contribution >= 4 is 17.6 Å². The molecule has 0 saturated heterocycles. The molecule has 0 saturated carbocycles. The Morgan fingerprint density at radius 2 is 2.16 bits per heavy atom. The molecule has 2 aromatic rings. The molecule has 0 amide bonds. The Hall–Kier alpha value is -2.32. The van der Waals surface area contributed by atoms with Crippen molar-refractivity contribution in [2.24, 2.45) is 0 Å². The number of benzene rings is 1. The number of hydrogen-bond acceptors (Lipinski definition) is 6. The van der Waals surface area contributed by atoms with Crippen LogP contribution in [0.3, 0.4) is 0 Å². The van der Waals surface area contributed by atoms with Crippen molar-refractivity contribution in [3.8, 4) is 11.5 Å². The molecule has 1 unspecified atom stereocenters. The van der Waals surface area contributed by atoms with Crippen LogP contribution in [0.4, 0.5) is 0 Å². The minimum absolute atomic E-state index is 0.321. The molecule has 25 heavy (non-hydrogen) atoms. The van der Waals surface area contributed by atoms with Crippen molar-refractivity contribution in [2.45, 2.75) is 32.6 Å². The third-order valence-corrected chi connectivity index (χ3v) is 4.76. The fraction of sp³-hybridized carbons (Fsp3) is 0.438. The molecule has 0 aliphatic carbocycles. The van der Waals surface area contributed by atoms with Gasteiger partial charge in [0.25, 0.3) is 0 Å². The molecular formula is C16H17ClN4O4. The first kappa shape index (κ1) is 16.2. The van der Waals surface area contributed by atoms with E-state index in [-0.39, 0.29) is 0 Å². The highest BCUT2D eigenvalue weighted by atomic mass is 35.5. The van der Waals surface area contributed by atoms with Crippen LogP contribution >= 0.6 is 11.6 Å². The number of halogens is 1. The van der Waals surface area contributed by atoms with Crippen LogP contribution in [0.25, 0.3) is 0 Å². The number of hydrogen-bond donors (Lipinski definition) is 1. The van der Waals surface area contributed by atoms with Gasteiger partial charge in [0.15, 0.2) is 11.5 Å². The summed E-state index contributed by atoms with van der Waals surface area (Å²) in [6, 6.07) is 2.98. The lowest BCUT2D eigenvalue weighted by molar-refractivity contribution is -0.145. The Kier molecular flexibility index (Phi) is 4.01. The van der Waals surface area contributed by atoms with E-state index in [0.717, 1.165) is 17.2 Å². The summed E-state index contributed by atoms with van der Waals surface area (Å²) in [7, 11) is 0. The van der Waals surface area contributed by atoms with Gasteiger partial charge in [0.05, 0.1) is 18.1 Å². The van der Waals surface area contributed by atoms with Crippen molar-refractivity contribution in [1.82, 2.24) is 19.7 Å². The van der Waals surface area contributed by atoms with Crippen LogP contribution in [0, 0.1) is 6.92 Å². The van der Waals surface area contributed by atoms with Crippen molar-refractivity contribution in [3.05, 3.63) is 34.4 Å². The van der Waals surface area contributed by atoms with Crippen LogP contribution in [0.5, 0.6) is 11.5 Å². The smallest absolute Gasteiger partial charge is 0.322 e. The Balaban J connectivity index is 1.63. The maximum absolute atomic E-state index is 11.7. The maximum Gasteiger partial charge on any atom is 0.322 e. The molecule has 9 heteroatoms. The van der Waals surface area contributed by atoms with E-state index in [2.05, 4.69) is 10.2 Å². The molecule has 0 radical (unpaired) electrons. The quantitative estimate of drug-likeness (QED) is 0.882. The average molecular weight is 365 g/mol. The summed E-state index contributed by atoms with van der Waals surface area (Å²) in [4.78, 5) is 13.6. The number of carbonyl (C=O) groups is 1. The van der Waals surface area contributed by atoms with Crippen LogP contribution in [-0.4, -0.2) is 50.0 Å². The summed E-state index contributed by atoms with van der Waals surface area (Å²) < 4.78 is 13.0. The standard InChI is InChI=1S/C16H17ClN4O4/c1-9-18-19-14-8-20(12(16(22)23)7-21(9)14)6-10-4-11(17)15-13(5-10)24-2-3-25-15/h4-5,12H,2-3,6-8H2,1H3,(H,22,23). The molecule has 1 aromatic heterocycles. The Bertz CT molecular complexity index is 838. The van der Waals surface area contributed by atoms with E-state index in [1.165, 1.54) is 0 Å². The van der Waals surface area contributed by atoms with Gasteiger partial charge in [-0.1, -0.05) is 11.6 Å². The Morgan fingerprint density at radius 3 is 2.96 bits per heavy atom. The molecule has 1 aromatic carbocycles. The molecular weight excluding hydrogens is 348 g/mol. The van der Waals surface area contributed by atoms with Gasteiger partial charge in [-0.25, -0.2) is 0 Å². The number of carboxylic acids is 1. The zero-order valence-corrected chi connectivity index (χ0v) is 14.4. The number of ether oxygens (including phenoxy) is 2. The van der Waals surface area contributed by atoms with Gasteiger partial charge in [-0.15, -0.1) is 10.2 Å². The largest absolute Gasteiger partial charge is 0.486 e. The second kappa shape index (κ2) is 6.20. The maximum atomic E-state index is 11.7. The van der Waals surface area contributed by atoms with Crippen LogP contribution < -0.4 is 9.47 Å². The number of fused-ring (bicyclic) bond motifs is 2. The van der Waals surface area contributed by atoms with Gasteiger partial charge in [0, 0.05) is 6.54 Å². The number of carboxylic acid groups (broad SMARTS) is 1. The summed E-state index contributed by atoms with van der Waals surface area (Å²) in [5.41, 5.74) is 0.866. The predicted molar refractivity (Wildman–Crippen MR) is 87.9 cm³/mol. The summed E-state index contributed by atoms with van der Waals surface area (Å²) >= 11 is 6.28. The molecule has 1 N–H and O–H groups in total. The fourth-order valence-electron chi connectivity index (χ4n) is 3.25. The SMILES string of the molecule is Cc1nnc2n1CC(C(=O)O)N(Cc1cc(Cl)c3c(c1)OCCO3)C2. The molecule has 132 valence electrons. The van der Waals surface area contributed by atoms with E-state index in [4.69, 9.17) is 21.1 Å². The average Bonchev–Trinajstić information content (AvgIpc) is 2.94. The van der Waals surface area contributed by atoms with Gasteiger partial charge >= 0.3 is 5.97 Å². The molecule has 0 spiro atoms. The van der Waals surface area contributed by atoms with Gasteiger partial charge < -0.3 is 19.1 Å². The van der Waals surface area contributed by atoms with E-state index in [0.29, 0.717) is 49.4 Å². The highest BCUT2D eigenvalue weighted by molar-refractivity contribution is 6.32. The minimum atomic E-state index is -0.873. The van der Waals surface area contributed by atoms with E-state index >= 15 is 0 Å². The molecule has 3 heterocycles. The lowest BCUT2D eigenvalue weighted by atomic mass is 10.1. The molecule has 2 aliphatic rings. The minimum Gasteiger partial charge on any atom is -0.486 e. The number of nitrogens with zero attached hydrogens (tertiary/aromatic N) is 4. The van der Waals surface area contributed by atoms with Crippen molar-refractivity contribution < 1.29 is 19.4 Å². The normalized spacial score (nSPS) is 19.5. The first-order chi connectivity index (χ1) is 12.0. The van der Waals surface area contributed by atoms with E-state index in [9.17, 15) is 9.90 Å². The van der Waals surface area contributed by atoms with Crippen LogP contribution in [0.2, 0.25) is 5.02 Å². The van der Waals surface area contributed by atoms with E-state index < -0.39 is 12.0 Å². The number of aryl methyl sites for hydroxylation is 1. The predicted octanol–water partition coefficient (Wildman–Crippen LogP) is 1.48. The topological polar surface area (TPSA) is 89.7 Å². The zero-order valence-electron chi connectivity index (χ0n) is 13.6. The summed E-state index contributed by atoms with van der Waals surface area (Å²) in [5.74, 6) is 1.75. The van der Waals surface area contributed by atoms with E-state index in [1.54, 1.807) is 6.07 Å².